The van der Waals surface area contributed by atoms with Gasteiger partial charge in [0.15, 0.2) is 0 Å². The Kier molecular flexibility index (Phi) is 6.51. The fourth-order valence-electron chi connectivity index (χ4n) is 2.60. The van der Waals surface area contributed by atoms with Crippen LogP contribution in [0.3, 0.4) is 0 Å². The third kappa shape index (κ3) is 5.60. The minimum absolute atomic E-state index is 0.227. The molecule has 1 aromatic rings. The lowest BCUT2D eigenvalue weighted by Crippen LogP contribution is -2.44. The van der Waals surface area contributed by atoms with Gasteiger partial charge in [0.2, 0.25) is 0 Å². The Bertz CT molecular complexity index is 418. The molecule has 0 radical (unpaired) electrons. The molecule has 0 bridgehead atoms. The molecule has 1 aliphatic rings. The zero-order valence-electron chi connectivity index (χ0n) is 12.6. The average molecular weight is 318 g/mol. The van der Waals surface area contributed by atoms with E-state index in [4.69, 9.17) is 4.42 Å². The number of alkyl halides is 2. The highest BCUT2D eigenvalue weighted by Crippen LogP contribution is 2.21. The Hall–Kier alpha value is -0.590. The highest BCUT2D eigenvalue weighted by atomic mass is 32.2. The van der Waals surface area contributed by atoms with Gasteiger partial charge >= 0.3 is 0 Å². The molecule has 1 fully saturated rings. The molecular formula is C15H24F2N2OS. The quantitative estimate of drug-likeness (QED) is 0.830. The van der Waals surface area contributed by atoms with Crippen LogP contribution >= 0.6 is 11.8 Å². The number of piperidine rings is 1. The Morgan fingerprint density at radius 2 is 1.95 bits per heavy atom. The Morgan fingerprint density at radius 1 is 1.29 bits per heavy atom. The summed E-state index contributed by atoms with van der Waals surface area (Å²) in [5.74, 6) is -0.675. The number of thioether (sulfide) groups is 1. The van der Waals surface area contributed by atoms with E-state index in [1.54, 1.807) is 6.07 Å². The molecule has 2 heterocycles. The van der Waals surface area contributed by atoms with E-state index in [-0.39, 0.29) is 5.75 Å². The Morgan fingerprint density at radius 3 is 2.57 bits per heavy atom. The molecular weight excluding hydrogens is 294 g/mol. The second kappa shape index (κ2) is 8.15. The van der Waals surface area contributed by atoms with Gasteiger partial charge in [-0.05, 0) is 51.9 Å². The van der Waals surface area contributed by atoms with Crippen LogP contribution in [0.15, 0.2) is 16.5 Å². The maximum absolute atomic E-state index is 12.1. The zero-order chi connectivity index (χ0) is 15.2. The topological polar surface area (TPSA) is 28.4 Å². The normalized spacial score (nSPS) is 18.0. The molecule has 0 aliphatic carbocycles. The summed E-state index contributed by atoms with van der Waals surface area (Å²) < 4.78 is 29.8. The van der Waals surface area contributed by atoms with E-state index in [1.807, 2.05) is 6.07 Å². The summed E-state index contributed by atoms with van der Waals surface area (Å²) >= 11 is 0.594. The molecule has 0 saturated carbocycles. The van der Waals surface area contributed by atoms with Crippen molar-refractivity contribution in [1.29, 1.82) is 0 Å². The zero-order valence-corrected chi connectivity index (χ0v) is 13.5. The smallest absolute Gasteiger partial charge is 0.284 e. The van der Waals surface area contributed by atoms with Gasteiger partial charge in [-0.3, -0.25) is 0 Å². The van der Waals surface area contributed by atoms with Gasteiger partial charge in [0.25, 0.3) is 5.76 Å². The van der Waals surface area contributed by atoms with Crippen LogP contribution in [0, 0.1) is 0 Å². The standard InChI is InChI=1S/C15H24F2N2OS/c1-11(2)19-7-5-12(6-8-19)18-9-13-3-4-14(20-13)10-21-15(16)17/h3-4,11-12,15,18H,5-10H2,1-2H3. The number of hydrogen-bond acceptors (Lipinski definition) is 4. The Labute approximate surface area is 129 Å². The lowest BCUT2D eigenvalue weighted by molar-refractivity contribution is 0.160. The van der Waals surface area contributed by atoms with Crippen molar-refractivity contribution in [2.24, 2.45) is 0 Å². The van der Waals surface area contributed by atoms with E-state index in [0.29, 0.717) is 36.2 Å². The number of hydrogen-bond donors (Lipinski definition) is 1. The number of furan rings is 1. The summed E-state index contributed by atoms with van der Waals surface area (Å²) in [7, 11) is 0. The molecule has 6 heteroatoms. The highest BCUT2D eigenvalue weighted by molar-refractivity contribution is 7.98. The van der Waals surface area contributed by atoms with Crippen LogP contribution in [0.4, 0.5) is 8.78 Å². The van der Waals surface area contributed by atoms with Gasteiger partial charge in [-0.2, -0.15) is 8.78 Å². The van der Waals surface area contributed by atoms with Crippen molar-refractivity contribution >= 4 is 11.8 Å². The molecule has 1 aliphatic heterocycles. The van der Waals surface area contributed by atoms with E-state index in [9.17, 15) is 8.78 Å². The maximum Gasteiger partial charge on any atom is 0.284 e. The van der Waals surface area contributed by atoms with Crippen molar-refractivity contribution in [2.75, 3.05) is 13.1 Å². The van der Waals surface area contributed by atoms with Gasteiger partial charge in [0.1, 0.15) is 11.5 Å². The van der Waals surface area contributed by atoms with Crippen molar-refractivity contribution in [2.45, 2.75) is 56.8 Å². The fourth-order valence-corrected chi connectivity index (χ4v) is 3.05. The molecule has 0 unspecified atom stereocenters. The van der Waals surface area contributed by atoms with Gasteiger partial charge < -0.3 is 14.6 Å². The summed E-state index contributed by atoms with van der Waals surface area (Å²) in [4.78, 5) is 2.49. The second-order valence-corrected chi connectivity index (χ2v) is 6.70. The molecule has 3 nitrogen and oxygen atoms in total. The molecule has 2 rings (SSSR count). The van der Waals surface area contributed by atoms with E-state index < -0.39 is 5.76 Å². The van der Waals surface area contributed by atoms with Crippen LogP contribution in [0.1, 0.15) is 38.2 Å². The third-order valence-electron chi connectivity index (χ3n) is 3.89. The SMILES string of the molecule is CC(C)N1CCC(NCc2ccc(CSC(F)F)o2)CC1. The van der Waals surface area contributed by atoms with Crippen LogP contribution in [0.2, 0.25) is 0 Å². The van der Waals surface area contributed by atoms with Crippen LogP contribution in [-0.4, -0.2) is 35.8 Å². The largest absolute Gasteiger partial charge is 0.464 e. The van der Waals surface area contributed by atoms with E-state index >= 15 is 0 Å². The number of nitrogens with zero attached hydrogens (tertiary/aromatic N) is 1. The molecule has 0 atom stereocenters. The molecule has 1 N–H and O–H groups in total. The van der Waals surface area contributed by atoms with Crippen LogP contribution in [-0.2, 0) is 12.3 Å². The van der Waals surface area contributed by atoms with Gasteiger partial charge in [-0.15, -0.1) is 0 Å². The average Bonchev–Trinajstić information content (AvgIpc) is 2.91. The van der Waals surface area contributed by atoms with E-state index in [1.165, 1.54) is 0 Å². The maximum atomic E-state index is 12.1. The third-order valence-corrected chi connectivity index (χ3v) is 4.60. The van der Waals surface area contributed by atoms with Crippen molar-refractivity contribution < 1.29 is 13.2 Å². The molecule has 0 spiro atoms. The summed E-state index contributed by atoms with van der Waals surface area (Å²) in [6.45, 7) is 7.39. The second-order valence-electron chi connectivity index (χ2n) is 5.72. The van der Waals surface area contributed by atoms with Gasteiger partial charge in [0, 0.05) is 12.1 Å². The van der Waals surface area contributed by atoms with Crippen molar-refractivity contribution in [3.05, 3.63) is 23.7 Å². The molecule has 0 aromatic carbocycles. The summed E-state index contributed by atoms with van der Waals surface area (Å²) in [5, 5.41) is 3.50. The number of likely N-dealkylation sites (tertiary alicyclic amines) is 1. The monoisotopic (exact) mass is 318 g/mol. The van der Waals surface area contributed by atoms with Crippen molar-refractivity contribution in [1.82, 2.24) is 10.2 Å². The molecule has 1 aromatic heterocycles. The van der Waals surface area contributed by atoms with Crippen LogP contribution in [0.25, 0.3) is 0 Å². The predicted molar refractivity (Wildman–Crippen MR) is 82.6 cm³/mol. The Balaban J connectivity index is 1.69. The van der Waals surface area contributed by atoms with Gasteiger partial charge in [-0.1, -0.05) is 11.8 Å². The van der Waals surface area contributed by atoms with Gasteiger partial charge in [0.05, 0.1) is 12.3 Å². The lowest BCUT2D eigenvalue weighted by atomic mass is 10.0. The number of rotatable bonds is 7. The highest BCUT2D eigenvalue weighted by Gasteiger charge is 2.20. The van der Waals surface area contributed by atoms with E-state index in [0.717, 1.165) is 31.7 Å². The lowest BCUT2D eigenvalue weighted by Gasteiger charge is -2.34. The number of nitrogens with one attached hydrogen (secondary N) is 1. The van der Waals surface area contributed by atoms with E-state index in [2.05, 4.69) is 24.1 Å². The van der Waals surface area contributed by atoms with Crippen LogP contribution < -0.4 is 5.32 Å². The predicted octanol–water partition coefficient (Wildman–Crippen LogP) is 3.70. The molecule has 0 amide bonds. The van der Waals surface area contributed by atoms with Crippen LogP contribution in [0.5, 0.6) is 0 Å². The first kappa shape index (κ1) is 16.8. The number of halogens is 2. The minimum atomic E-state index is -2.34. The first-order valence-electron chi connectivity index (χ1n) is 7.49. The summed E-state index contributed by atoms with van der Waals surface area (Å²) in [5.41, 5.74) is 0. The summed E-state index contributed by atoms with van der Waals surface area (Å²) in [6, 6.07) is 4.79. The van der Waals surface area contributed by atoms with Crippen molar-refractivity contribution in [3.63, 3.8) is 0 Å². The molecule has 1 saturated heterocycles. The first-order valence-corrected chi connectivity index (χ1v) is 8.54. The minimum Gasteiger partial charge on any atom is -0.464 e. The van der Waals surface area contributed by atoms with Crippen molar-refractivity contribution in [3.8, 4) is 0 Å². The molecule has 21 heavy (non-hydrogen) atoms. The first-order chi connectivity index (χ1) is 10.0. The molecule has 120 valence electrons. The fraction of sp³-hybridized carbons (Fsp3) is 0.733. The summed E-state index contributed by atoms with van der Waals surface area (Å²) in [6.07, 6.45) is 2.29. The van der Waals surface area contributed by atoms with Gasteiger partial charge in [-0.25, -0.2) is 0 Å².